The fourth-order valence-corrected chi connectivity index (χ4v) is 3.67. The van der Waals surface area contributed by atoms with Gasteiger partial charge in [-0.05, 0) is 48.5 Å². The van der Waals surface area contributed by atoms with Crippen LogP contribution in [0.15, 0.2) is 71.9 Å². The Bertz CT molecular complexity index is 1220. The minimum Gasteiger partial charge on any atom is -0.345 e. The molecule has 0 saturated carbocycles. The second kappa shape index (κ2) is 6.51. The van der Waals surface area contributed by atoms with Gasteiger partial charge in [0.25, 0.3) is 0 Å². The first-order valence-corrected chi connectivity index (χ1v) is 10.2. The van der Waals surface area contributed by atoms with Crippen molar-refractivity contribution in [2.75, 3.05) is 18.2 Å². The Morgan fingerprint density at radius 1 is 0.963 bits per heavy atom. The molecule has 0 bridgehead atoms. The number of rotatable bonds is 4. The zero-order valence-electron chi connectivity index (χ0n) is 14.9. The summed E-state index contributed by atoms with van der Waals surface area (Å²) in [5.41, 5.74) is 4.50. The molecule has 0 saturated heterocycles. The molecule has 0 unspecified atom stereocenters. The number of sulfone groups is 1. The van der Waals surface area contributed by atoms with E-state index in [0.717, 1.165) is 33.5 Å². The van der Waals surface area contributed by atoms with Crippen molar-refractivity contribution in [1.82, 2.24) is 15.2 Å². The average Bonchev–Trinajstić information content (AvgIpc) is 3.11. The maximum absolute atomic E-state index is 11.8. The van der Waals surface area contributed by atoms with E-state index >= 15 is 0 Å². The molecule has 136 valence electrons. The van der Waals surface area contributed by atoms with Gasteiger partial charge in [-0.1, -0.05) is 6.07 Å². The fourth-order valence-electron chi connectivity index (χ4n) is 3.01. The lowest BCUT2D eigenvalue weighted by molar-refractivity contribution is 0.602. The first-order valence-electron chi connectivity index (χ1n) is 8.36. The Labute approximate surface area is 157 Å². The highest BCUT2D eigenvalue weighted by Gasteiger charge is 2.13. The molecular weight excluding hydrogens is 360 g/mol. The number of anilines is 2. The summed E-state index contributed by atoms with van der Waals surface area (Å²) in [6.45, 7) is 0. The predicted molar refractivity (Wildman–Crippen MR) is 107 cm³/mol. The van der Waals surface area contributed by atoms with Gasteiger partial charge < -0.3 is 4.90 Å². The predicted octanol–water partition coefficient (Wildman–Crippen LogP) is 3.80. The zero-order chi connectivity index (χ0) is 19.0. The van der Waals surface area contributed by atoms with Crippen LogP contribution in [0.3, 0.4) is 0 Å². The van der Waals surface area contributed by atoms with Gasteiger partial charge in [-0.2, -0.15) is 5.10 Å². The summed E-state index contributed by atoms with van der Waals surface area (Å²) in [5.74, 6) is 0. The molecule has 2 aromatic heterocycles. The van der Waals surface area contributed by atoms with Crippen LogP contribution in [0.4, 0.5) is 11.4 Å². The summed E-state index contributed by atoms with van der Waals surface area (Å²) in [7, 11) is -1.35. The minimum atomic E-state index is -3.26. The molecule has 2 heterocycles. The van der Waals surface area contributed by atoms with E-state index in [2.05, 4.69) is 15.2 Å². The van der Waals surface area contributed by atoms with Crippen molar-refractivity contribution < 1.29 is 8.42 Å². The van der Waals surface area contributed by atoms with E-state index in [9.17, 15) is 8.42 Å². The largest absolute Gasteiger partial charge is 0.345 e. The Morgan fingerprint density at radius 2 is 1.70 bits per heavy atom. The van der Waals surface area contributed by atoms with Crippen LogP contribution in [0, 0.1) is 0 Å². The van der Waals surface area contributed by atoms with Crippen LogP contribution < -0.4 is 4.90 Å². The van der Waals surface area contributed by atoms with Gasteiger partial charge in [0.05, 0.1) is 10.4 Å². The van der Waals surface area contributed by atoms with Crippen LogP contribution in [0.25, 0.3) is 22.2 Å². The molecule has 0 atom stereocenters. The van der Waals surface area contributed by atoms with Crippen molar-refractivity contribution in [1.29, 1.82) is 0 Å². The van der Waals surface area contributed by atoms with Crippen molar-refractivity contribution in [3.8, 4) is 11.3 Å². The maximum Gasteiger partial charge on any atom is 0.175 e. The number of benzene rings is 2. The van der Waals surface area contributed by atoms with Crippen LogP contribution in [0.1, 0.15) is 0 Å². The number of nitrogens with zero attached hydrogens (tertiary/aromatic N) is 3. The van der Waals surface area contributed by atoms with Gasteiger partial charge in [0.15, 0.2) is 9.84 Å². The van der Waals surface area contributed by atoms with Crippen molar-refractivity contribution in [2.45, 2.75) is 4.90 Å². The van der Waals surface area contributed by atoms with E-state index in [4.69, 9.17) is 0 Å². The first kappa shape index (κ1) is 17.2. The van der Waals surface area contributed by atoms with Crippen LogP contribution in [0.5, 0.6) is 0 Å². The van der Waals surface area contributed by atoms with E-state index in [1.54, 1.807) is 30.6 Å². The lowest BCUT2D eigenvalue weighted by Crippen LogP contribution is -2.10. The van der Waals surface area contributed by atoms with Gasteiger partial charge in [0, 0.05) is 48.0 Å². The highest BCUT2D eigenvalue weighted by molar-refractivity contribution is 7.90. The third kappa shape index (κ3) is 3.29. The van der Waals surface area contributed by atoms with Gasteiger partial charge in [0.2, 0.25) is 0 Å². The zero-order valence-corrected chi connectivity index (χ0v) is 15.7. The number of nitrogens with one attached hydrogen (secondary N) is 1. The number of aromatic amines is 1. The molecule has 7 heteroatoms. The summed E-state index contributed by atoms with van der Waals surface area (Å²) < 4.78 is 23.7. The number of aromatic nitrogens is 3. The minimum absolute atomic E-state index is 0.300. The fraction of sp³-hybridized carbons (Fsp3) is 0.100. The Kier molecular flexibility index (Phi) is 4.16. The third-order valence-electron chi connectivity index (χ3n) is 4.52. The molecule has 4 aromatic rings. The standard InChI is InChI=1S/C20H18N4O2S/c1-24(15-4-3-5-17(12-15)27(2,25)26)16-6-7-19-18(13-16)20(23-22-19)14-8-10-21-11-9-14/h3-13H,1-2H3,(H,22,23). The van der Waals surface area contributed by atoms with Crippen LogP contribution in [-0.4, -0.2) is 36.9 Å². The molecule has 27 heavy (non-hydrogen) atoms. The first-order chi connectivity index (χ1) is 12.9. The van der Waals surface area contributed by atoms with E-state index in [-0.39, 0.29) is 0 Å². The molecule has 0 fully saturated rings. The molecule has 1 N–H and O–H groups in total. The lowest BCUT2D eigenvalue weighted by Gasteiger charge is -2.20. The van der Waals surface area contributed by atoms with Crippen molar-refractivity contribution >= 4 is 32.1 Å². The summed E-state index contributed by atoms with van der Waals surface area (Å²) in [4.78, 5) is 6.31. The second-order valence-corrected chi connectivity index (χ2v) is 8.38. The molecule has 0 aliphatic heterocycles. The van der Waals surface area contributed by atoms with Crippen LogP contribution >= 0.6 is 0 Å². The molecule has 4 rings (SSSR count). The van der Waals surface area contributed by atoms with Gasteiger partial charge in [-0.15, -0.1) is 0 Å². The topological polar surface area (TPSA) is 79.0 Å². The van der Waals surface area contributed by atoms with Crippen LogP contribution in [-0.2, 0) is 9.84 Å². The monoisotopic (exact) mass is 378 g/mol. The molecule has 2 aromatic carbocycles. The maximum atomic E-state index is 11.8. The van der Waals surface area contributed by atoms with E-state index < -0.39 is 9.84 Å². The number of fused-ring (bicyclic) bond motifs is 1. The van der Waals surface area contributed by atoms with Gasteiger partial charge >= 0.3 is 0 Å². The number of hydrogen-bond acceptors (Lipinski definition) is 5. The average molecular weight is 378 g/mol. The van der Waals surface area contributed by atoms with E-state index in [0.29, 0.717) is 4.90 Å². The lowest BCUT2D eigenvalue weighted by atomic mass is 10.1. The molecule has 0 spiro atoms. The van der Waals surface area contributed by atoms with Gasteiger partial charge in [0.1, 0.15) is 5.69 Å². The molecular formula is C20H18N4O2S. The third-order valence-corrected chi connectivity index (χ3v) is 5.63. The van der Waals surface area contributed by atoms with Crippen molar-refractivity contribution in [3.63, 3.8) is 0 Å². The SMILES string of the molecule is CN(c1cccc(S(C)(=O)=O)c1)c1ccc2[nH]nc(-c3ccncc3)c2c1. The molecule has 6 nitrogen and oxygen atoms in total. The second-order valence-electron chi connectivity index (χ2n) is 6.37. The Balaban J connectivity index is 1.78. The number of pyridine rings is 1. The van der Waals surface area contributed by atoms with Crippen LogP contribution in [0.2, 0.25) is 0 Å². The van der Waals surface area contributed by atoms with Gasteiger partial charge in [-0.25, -0.2) is 8.42 Å². The number of H-pyrrole nitrogens is 1. The Morgan fingerprint density at radius 3 is 2.44 bits per heavy atom. The van der Waals surface area contributed by atoms with E-state index in [1.165, 1.54) is 6.26 Å². The molecule has 0 amide bonds. The normalized spacial score (nSPS) is 11.6. The summed E-state index contributed by atoms with van der Waals surface area (Å²) in [6.07, 6.45) is 4.69. The van der Waals surface area contributed by atoms with E-state index in [1.807, 2.05) is 48.3 Å². The highest BCUT2D eigenvalue weighted by atomic mass is 32.2. The Hall–Kier alpha value is -3.19. The quantitative estimate of drug-likeness (QED) is 0.584. The summed E-state index contributed by atoms with van der Waals surface area (Å²) >= 11 is 0. The smallest absolute Gasteiger partial charge is 0.175 e. The highest BCUT2D eigenvalue weighted by Crippen LogP contribution is 2.32. The summed E-state index contributed by atoms with van der Waals surface area (Å²) in [6, 6.07) is 16.7. The molecule has 0 aliphatic rings. The molecule has 0 aliphatic carbocycles. The van der Waals surface area contributed by atoms with Gasteiger partial charge in [-0.3, -0.25) is 10.1 Å². The van der Waals surface area contributed by atoms with Crippen molar-refractivity contribution in [3.05, 3.63) is 67.0 Å². The summed E-state index contributed by atoms with van der Waals surface area (Å²) in [5, 5.41) is 8.48. The number of hydrogen-bond donors (Lipinski definition) is 1. The molecule has 0 radical (unpaired) electrons. The van der Waals surface area contributed by atoms with Crippen molar-refractivity contribution in [2.24, 2.45) is 0 Å².